The molecule has 0 unspecified atom stereocenters. The van der Waals surface area contributed by atoms with Crippen molar-refractivity contribution in [3.63, 3.8) is 0 Å². The van der Waals surface area contributed by atoms with Gasteiger partial charge in [-0.25, -0.2) is 4.39 Å². The van der Waals surface area contributed by atoms with Gasteiger partial charge in [0.25, 0.3) is 5.91 Å². The van der Waals surface area contributed by atoms with E-state index in [4.69, 9.17) is 11.6 Å². The van der Waals surface area contributed by atoms with E-state index in [0.29, 0.717) is 15.2 Å². The molecule has 0 spiro atoms. The number of amides is 1. The summed E-state index contributed by atoms with van der Waals surface area (Å²) in [6, 6.07) is 10.6. The van der Waals surface area contributed by atoms with Crippen LogP contribution in [0.1, 0.15) is 10.4 Å². The van der Waals surface area contributed by atoms with Gasteiger partial charge in [0.15, 0.2) is 0 Å². The van der Waals surface area contributed by atoms with Gasteiger partial charge in [-0.05, 0) is 58.4 Å². The second kappa shape index (κ2) is 5.50. The molecule has 18 heavy (non-hydrogen) atoms. The summed E-state index contributed by atoms with van der Waals surface area (Å²) in [5, 5.41) is 3.24. The highest BCUT2D eigenvalue weighted by Gasteiger charge is 2.11. The maximum atomic E-state index is 13.1. The molecule has 2 nitrogen and oxygen atoms in total. The first kappa shape index (κ1) is 13.1. The Morgan fingerprint density at radius 3 is 2.50 bits per heavy atom. The van der Waals surface area contributed by atoms with Crippen molar-refractivity contribution in [2.75, 3.05) is 5.32 Å². The van der Waals surface area contributed by atoms with E-state index in [9.17, 15) is 9.18 Å². The fourth-order valence-electron chi connectivity index (χ4n) is 1.40. The third-order valence-corrected chi connectivity index (χ3v) is 3.22. The second-order valence-corrected chi connectivity index (χ2v) is 4.88. The molecule has 0 heterocycles. The van der Waals surface area contributed by atoms with Crippen LogP contribution in [-0.2, 0) is 0 Å². The zero-order valence-corrected chi connectivity index (χ0v) is 11.4. The van der Waals surface area contributed by atoms with Gasteiger partial charge in [0, 0.05) is 15.2 Å². The molecule has 0 atom stereocenters. The summed E-state index contributed by atoms with van der Waals surface area (Å²) >= 11 is 8.95. The van der Waals surface area contributed by atoms with E-state index in [1.165, 1.54) is 18.2 Å². The molecule has 2 rings (SSSR count). The third-order valence-electron chi connectivity index (χ3n) is 2.28. The fraction of sp³-hybridized carbons (Fsp3) is 0. The maximum Gasteiger partial charge on any atom is 0.256 e. The molecule has 0 saturated heterocycles. The van der Waals surface area contributed by atoms with Crippen molar-refractivity contribution < 1.29 is 9.18 Å². The molecule has 1 amide bonds. The van der Waals surface area contributed by atoms with E-state index < -0.39 is 5.82 Å². The van der Waals surface area contributed by atoms with Gasteiger partial charge in [0.2, 0.25) is 0 Å². The normalized spacial score (nSPS) is 10.2. The Bertz CT molecular complexity index is 586. The lowest BCUT2D eigenvalue weighted by atomic mass is 10.2. The first-order chi connectivity index (χ1) is 8.56. The average Bonchev–Trinajstić information content (AvgIpc) is 2.35. The Morgan fingerprint density at radius 2 is 1.83 bits per heavy atom. The topological polar surface area (TPSA) is 29.1 Å². The zero-order valence-electron chi connectivity index (χ0n) is 9.08. The molecule has 0 radical (unpaired) electrons. The summed E-state index contributed by atoms with van der Waals surface area (Å²) in [7, 11) is 0. The number of carbonyl (C=O) groups is 1. The Hall–Kier alpha value is -1.39. The zero-order chi connectivity index (χ0) is 13.1. The summed E-state index contributed by atoms with van der Waals surface area (Å²) in [5.41, 5.74) is 0.838. The average molecular weight is 329 g/mol. The Labute approximate surface area is 117 Å². The van der Waals surface area contributed by atoms with Crippen molar-refractivity contribution in [3.8, 4) is 0 Å². The van der Waals surface area contributed by atoms with E-state index in [2.05, 4.69) is 21.2 Å². The van der Waals surface area contributed by atoms with Gasteiger partial charge in [-0.1, -0.05) is 11.6 Å². The van der Waals surface area contributed by atoms with E-state index in [-0.39, 0.29) is 11.5 Å². The standard InChI is InChI=1S/C13H8BrClFNO/c14-12-6-3-9(16)7-11(12)13(18)17-10-4-1-8(15)2-5-10/h1-7H,(H,17,18). The Kier molecular flexibility index (Phi) is 3.99. The number of hydrogen-bond donors (Lipinski definition) is 1. The molecule has 5 heteroatoms. The van der Waals surface area contributed by atoms with Crippen LogP contribution in [0.3, 0.4) is 0 Å². The predicted octanol–water partition coefficient (Wildman–Crippen LogP) is 4.49. The van der Waals surface area contributed by atoms with Gasteiger partial charge in [-0.15, -0.1) is 0 Å². The summed E-state index contributed by atoms with van der Waals surface area (Å²) in [4.78, 5) is 11.9. The molecule has 2 aromatic carbocycles. The molecule has 0 saturated carbocycles. The molecular weight excluding hydrogens is 321 g/mol. The highest BCUT2D eigenvalue weighted by molar-refractivity contribution is 9.10. The van der Waals surface area contributed by atoms with Crippen LogP contribution < -0.4 is 5.32 Å². The quantitative estimate of drug-likeness (QED) is 0.864. The van der Waals surface area contributed by atoms with Crippen LogP contribution in [0.4, 0.5) is 10.1 Å². The number of nitrogens with one attached hydrogen (secondary N) is 1. The van der Waals surface area contributed by atoms with Crippen LogP contribution in [-0.4, -0.2) is 5.91 Å². The van der Waals surface area contributed by atoms with Gasteiger partial charge in [0.05, 0.1) is 5.56 Å². The summed E-state index contributed by atoms with van der Waals surface area (Å²) < 4.78 is 13.6. The van der Waals surface area contributed by atoms with Gasteiger partial charge in [-0.2, -0.15) is 0 Å². The molecule has 0 aliphatic carbocycles. The molecule has 0 aliphatic rings. The van der Waals surface area contributed by atoms with E-state index in [1.54, 1.807) is 24.3 Å². The summed E-state index contributed by atoms with van der Waals surface area (Å²) in [6.07, 6.45) is 0. The van der Waals surface area contributed by atoms with Gasteiger partial charge < -0.3 is 5.32 Å². The van der Waals surface area contributed by atoms with Crippen molar-refractivity contribution >= 4 is 39.1 Å². The van der Waals surface area contributed by atoms with Crippen molar-refractivity contribution in [1.82, 2.24) is 0 Å². The molecule has 0 aromatic heterocycles. The van der Waals surface area contributed by atoms with Gasteiger partial charge in [-0.3, -0.25) is 4.79 Å². The van der Waals surface area contributed by atoms with Crippen LogP contribution in [0.5, 0.6) is 0 Å². The maximum absolute atomic E-state index is 13.1. The molecule has 2 aromatic rings. The van der Waals surface area contributed by atoms with Crippen LogP contribution >= 0.6 is 27.5 Å². The highest BCUT2D eigenvalue weighted by atomic mass is 79.9. The van der Waals surface area contributed by atoms with Gasteiger partial charge in [0.1, 0.15) is 5.82 Å². The fourth-order valence-corrected chi connectivity index (χ4v) is 1.96. The minimum atomic E-state index is -0.459. The van der Waals surface area contributed by atoms with E-state index in [1.807, 2.05) is 0 Å². The third kappa shape index (κ3) is 3.09. The number of anilines is 1. The SMILES string of the molecule is O=C(Nc1ccc(Cl)cc1)c1cc(F)ccc1Br. The monoisotopic (exact) mass is 327 g/mol. The van der Waals surface area contributed by atoms with Crippen LogP contribution in [0.25, 0.3) is 0 Å². The minimum Gasteiger partial charge on any atom is -0.322 e. The molecule has 0 bridgehead atoms. The van der Waals surface area contributed by atoms with Crippen molar-refractivity contribution in [2.45, 2.75) is 0 Å². The number of carbonyl (C=O) groups excluding carboxylic acids is 1. The van der Waals surface area contributed by atoms with Crippen LogP contribution in [0.2, 0.25) is 5.02 Å². The molecule has 0 fully saturated rings. The van der Waals surface area contributed by atoms with Gasteiger partial charge >= 0.3 is 0 Å². The van der Waals surface area contributed by atoms with Crippen molar-refractivity contribution in [1.29, 1.82) is 0 Å². The molecule has 1 N–H and O–H groups in total. The predicted molar refractivity (Wildman–Crippen MR) is 73.5 cm³/mol. The summed E-state index contributed by atoms with van der Waals surface area (Å²) in [5.74, 6) is -0.844. The lowest BCUT2D eigenvalue weighted by Crippen LogP contribution is -2.12. The van der Waals surface area contributed by atoms with Crippen LogP contribution in [0.15, 0.2) is 46.9 Å². The first-order valence-electron chi connectivity index (χ1n) is 5.08. The molecular formula is C13H8BrClFNO. The lowest BCUT2D eigenvalue weighted by Gasteiger charge is -2.07. The number of rotatable bonds is 2. The lowest BCUT2D eigenvalue weighted by molar-refractivity contribution is 0.102. The van der Waals surface area contributed by atoms with E-state index in [0.717, 1.165) is 0 Å². The van der Waals surface area contributed by atoms with Crippen LogP contribution in [0, 0.1) is 5.82 Å². The molecule has 92 valence electrons. The second-order valence-electron chi connectivity index (χ2n) is 3.59. The van der Waals surface area contributed by atoms with Crippen molar-refractivity contribution in [2.24, 2.45) is 0 Å². The first-order valence-corrected chi connectivity index (χ1v) is 6.25. The van der Waals surface area contributed by atoms with E-state index >= 15 is 0 Å². The largest absolute Gasteiger partial charge is 0.322 e. The molecule has 0 aliphatic heterocycles. The Morgan fingerprint density at radius 1 is 1.17 bits per heavy atom. The Balaban J connectivity index is 2.21. The highest BCUT2D eigenvalue weighted by Crippen LogP contribution is 2.20. The smallest absolute Gasteiger partial charge is 0.256 e. The number of benzene rings is 2. The van der Waals surface area contributed by atoms with Crippen molar-refractivity contribution in [3.05, 3.63) is 63.3 Å². The summed E-state index contributed by atoms with van der Waals surface area (Å²) in [6.45, 7) is 0. The minimum absolute atomic E-state index is 0.241. The number of halogens is 3. The number of hydrogen-bond acceptors (Lipinski definition) is 1.